The number of thiophene rings is 1. The van der Waals surface area contributed by atoms with Crippen molar-refractivity contribution in [2.24, 2.45) is 0 Å². The first kappa shape index (κ1) is 18.5. The number of carbonyl (C=O) groups is 1. The Morgan fingerprint density at radius 1 is 1.00 bits per heavy atom. The van der Waals surface area contributed by atoms with Gasteiger partial charge in [-0.2, -0.15) is 5.26 Å². The third kappa shape index (κ3) is 3.85. The summed E-state index contributed by atoms with van der Waals surface area (Å²) in [6.45, 7) is 0. The van der Waals surface area contributed by atoms with E-state index in [1.165, 1.54) is 4.88 Å². The van der Waals surface area contributed by atoms with E-state index in [0.29, 0.717) is 12.0 Å². The van der Waals surface area contributed by atoms with Gasteiger partial charge in [-0.15, -0.1) is 11.3 Å². The second-order valence-electron chi connectivity index (χ2n) is 7.15. The molecule has 0 saturated heterocycles. The minimum atomic E-state index is -0.0483. The van der Waals surface area contributed by atoms with Crippen LogP contribution in [-0.2, 0) is 17.6 Å². The lowest BCUT2D eigenvalue weighted by Crippen LogP contribution is -2.16. The second-order valence-corrected chi connectivity index (χ2v) is 8.26. The van der Waals surface area contributed by atoms with Crippen LogP contribution in [0.25, 0.3) is 0 Å². The third-order valence-corrected chi connectivity index (χ3v) is 6.54. The number of hydrogen-bond donors (Lipinski definition) is 1. The fraction of sp³-hybridized carbons (Fsp3) is 0.250. The Labute approximate surface area is 169 Å². The van der Waals surface area contributed by atoms with Gasteiger partial charge in [0, 0.05) is 17.2 Å². The Kier molecular flexibility index (Phi) is 5.55. The standard InChI is InChI=1S/C24H22N2OS/c25-16-21-19-13-7-8-14-22(19)28-24(21)26-23(27)15-20(17-9-3-1-4-10-17)18-11-5-2-6-12-18/h1-6,9-12,20H,7-8,13-15H2,(H,26,27). The van der Waals surface area contributed by atoms with Crippen molar-refractivity contribution in [1.29, 1.82) is 5.26 Å². The Morgan fingerprint density at radius 2 is 1.61 bits per heavy atom. The predicted octanol–water partition coefficient (Wildman–Crippen LogP) is 5.66. The Hall–Kier alpha value is -2.90. The van der Waals surface area contributed by atoms with Crippen molar-refractivity contribution in [3.05, 3.63) is 87.8 Å². The zero-order valence-electron chi connectivity index (χ0n) is 15.7. The summed E-state index contributed by atoms with van der Waals surface area (Å²) in [5, 5.41) is 13.4. The molecule has 1 aliphatic carbocycles. The highest BCUT2D eigenvalue weighted by Gasteiger charge is 2.23. The molecule has 0 aliphatic heterocycles. The van der Waals surface area contributed by atoms with Crippen LogP contribution in [0.15, 0.2) is 60.7 Å². The molecule has 2 aromatic carbocycles. The smallest absolute Gasteiger partial charge is 0.225 e. The van der Waals surface area contributed by atoms with E-state index < -0.39 is 0 Å². The molecule has 3 nitrogen and oxygen atoms in total. The van der Waals surface area contributed by atoms with E-state index in [2.05, 4.69) is 35.7 Å². The molecular weight excluding hydrogens is 364 g/mol. The van der Waals surface area contributed by atoms with Crippen LogP contribution in [0.4, 0.5) is 5.00 Å². The van der Waals surface area contributed by atoms with Crippen molar-refractivity contribution >= 4 is 22.2 Å². The van der Waals surface area contributed by atoms with Gasteiger partial charge >= 0.3 is 0 Å². The minimum absolute atomic E-state index is 0.0116. The van der Waals surface area contributed by atoms with Crippen molar-refractivity contribution in [2.45, 2.75) is 38.0 Å². The maximum absolute atomic E-state index is 12.9. The molecule has 4 heteroatoms. The molecule has 0 fully saturated rings. The molecule has 3 aromatic rings. The molecule has 1 aliphatic rings. The summed E-state index contributed by atoms with van der Waals surface area (Å²) in [7, 11) is 0. The largest absolute Gasteiger partial charge is 0.317 e. The summed E-state index contributed by atoms with van der Waals surface area (Å²) in [5.74, 6) is -0.0599. The predicted molar refractivity (Wildman–Crippen MR) is 114 cm³/mol. The number of anilines is 1. The molecular formula is C24H22N2OS. The number of carbonyl (C=O) groups excluding carboxylic acids is 1. The van der Waals surface area contributed by atoms with E-state index in [1.807, 2.05) is 36.4 Å². The normalized spacial score (nSPS) is 13.0. The first-order valence-electron chi connectivity index (χ1n) is 9.70. The lowest BCUT2D eigenvalue weighted by atomic mass is 9.88. The first-order chi connectivity index (χ1) is 13.8. The number of aryl methyl sites for hydroxylation is 1. The lowest BCUT2D eigenvalue weighted by molar-refractivity contribution is -0.116. The molecule has 140 valence electrons. The van der Waals surface area contributed by atoms with E-state index in [9.17, 15) is 10.1 Å². The Balaban J connectivity index is 1.58. The summed E-state index contributed by atoms with van der Waals surface area (Å²) in [4.78, 5) is 14.2. The van der Waals surface area contributed by atoms with Crippen LogP contribution < -0.4 is 5.32 Å². The van der Waals surface area contributed by atoms with Crippen LogP contribution in [0.1, 0.15) is 52.3 Å². The molecule has 1 amide bonds. The fourth-order valence-electron chi connectivity index (χ4n) is 3.93. The zero-order chi connectivity index (χ0) is 19.3. The van der Waals surface area contributed by atoms with E-state index >= 15 is 0 Å². The van der Waals surface area contributed by atoms with Crippen LogP contribution in [0, 0.1) is 11.3 Å². The van der Waals surface area contributed by atoms with Gasteiger partial charge in [-0.05, 0) is 42.4 Å². The van der Waals surface area contributed by atoms with Crippen LogP contribution >= 0.6 is 11.3 Å². The third-order valence-electron chi connectivity index (χ3n) is 5.33. The molecule has 0 spiro atoms. The summed E-state index contributed by atoms with van der Waals surface area (Å²) in [6, 6.07) is 22.6. The Morgan fingerprint density at radius 3 is 2.21 bits per heavy atom. The summed E-state index contributed by atoms with van der Waals surface area (Å²) < 4.78 is 0. The topological polar surface area (TPSA) is 52.9 Å². The van der Waals surface area contributed by atoms with Gasteiger partial charge in [0.05, 0.1) is 5.56 Å². The van der Waals surface area contributed by atoms with Gasteiger partial charge < -0.3 is 5.32 Å². The molecule has 0 saturated carbocycles. The van der Waals surface area contributed by atoms with Crippen LogP contribution in [-0.4, -0.2) is 5.91 Å². The summed E-state index contributed by atoms with van der Waals surface area (Å²) >= 11 is 1.58. The molecule has 1 N–H and O–H groups in total. The monoisotopic (exact) mass is 386 g/mol. The molecule has 0 radical (unpaired) electrons. The van der Waals surface area contributed by atoms with Gasteiger partial charge in [-0.3, -0.25) is 4.79 Å². The molecule has 4 rings (SSSR count). The number of rotatable bonds is 5. The van der Waals surface area contributed by atoms with E-state index in [-0.39, 0.29) is 11.8 Å². The van der Waals surface area contributed by atoms with Gasteiger partial charge in [-0.1, -0.05) is 60.7 Å². The zero-order valence-corrected chi connectivity index (χ0v) is 16.5. The SMILES string of the molecule is N#Cc1c(NC(=O)CC(c2ccccc2)c2ccccc2)sc2c1CCCC2. The molecule has 0 atom stereocenters. The quantitative estimate of drug-likeness (QED) is 0.615. The first-order valence-corrected chi connectivity index (χ1v) is 10.5. The molecule has 1 heterocycles. The van der Waals surface area contributed by atoms with Crippen molar-refractivity contribution in [3.8, 4) is 6.07 Å². The number of hydrogen-bond acceptors (Lipinski definition) is 3. The van der Waals surface area contributed by atoms with Gasteiger partial charge in [-0.25, -0.2) is 0 Å². The highest BCUT2D eigenvalue weighted by atomic mass is 32.1. The maximum Gasteiger partial charge on any atom is 0.225 e. The maximum atomic E-state index is 12.9. The van der Waals surface area contributed by atoms with Crippen LogP contribution in [0.3, 0.4) is 0 Å². The Bertz CT molecular complexity index is 963. The molecule has 0 unspecified atom stereocenters. The summed E-state index contributed by atoms with van der Waals surface area (Å²) in [6.07, 6.45) is 4.59. The summed E-state index contributed by atoms with van der Waals surface area (Å²) in [5.41, 5.74) is 4.06. The molecule has 1 aromatic heterocycles. The van der Waals surface area contributed by atoms with Gasteiger partial charge in [0.15, 0.2) is 0 Å². The fourth-order valence-corrected chi connectivity index (χ4v) is 5.19. The average molecular weight is 387 g/mol. The van der Waals surface area contributed by atoms with Crippen molar-refractivity contribution in [3.63, 3.8) is 0 Å². The van der Waals surface area contributed by atoms with Crippen molar-refractivity contribution in [2.75, 3.05) is 5.32 Å². The number of benzene rings is 2. The highest BCUT2D eigenvalue weighted by Crippen LogP contribution is 2.38. The van der Waals surface area contributed by atoms with Gasteiger partial charge in [0.2, 0.25) is 5.91 Å². The number of fused-ring (bicyclic) bond motifs is 1. The van der Waals surface area contributed by atoms with E-state index in [1.54, 1.807) is 11.3 Å². The minimum Gasteiger partial charge on any atom is -0.317 e. The van der Waals surface area contributed by atoms with Crippen molar-refractivity contribution in [1.82, 2.24) is 0 Å². The molecule has 28 heavy (non-hydrogen) atoms. The molecule has 0 bridgehead atoms. The van der Waals surface area contributed by atoms with E-state index in [0.717, 1.165) is 47.4 Å². The van der Waals surface area contributed by atoms with Crippen LogP contribution in [0.2, 0.25) is 0 Å². The number of nitrogens with one attached hydrogen (secondary N) is 1. The van der Waals surface area contributed by atoms with Gasteiger partial charge in [0.25, 0.3) is 0 Å². The average Bonchev–Trinajstić information content (AvgIpc) is 3.10. The number of amides is 1. The van der Waals surface area contributed by atoms with Crippen LogP contribution in [0.5, 0.6) is 0 Å². The van der Waals surface area contributed by atoms with E-state index in [4.69, 9.17) is 0 Å². The highest BCUT2D eigenvalue weighted by molar-refractivity contribution is 7.16. The lowest BCUT2D eigenvalue weighted by Gasteiger charge is -2.17. The van der Waals surface area contributed by atoms with Crippen molar-refractivity contribution < 1.29 is 4.79 Å². The number of nitrogens with zero attached hydrogens (tertiary/aromatic N) is 1. The second kappa shape index (κ2) is 8.41. The van der Waals surface area contributed by atoms with Gasteiger partial charge in [0.1, 0.15) is 11.1 Å². The number of nitriles is 1.